The van der Waals surface area contributed by atoms with Gasteiger partial charge in [-0.05, 0) is 37.0 Å². The number of carbonyl (C=O) groups is 1. The molecule has 0 heterocycles. The SMILES string of the molecule is CCC(CC)(CC(=O)O)C1CCCCC1. The summed E-state index contributed by atoms with van der Waals surface area (Å²) in [5, 5.41) is 9.04. The van der Waals surface area contributed by atoms with Crippen LogP contribution in [0.3, 0.4) is 0 Å². The van der Waals surface area contributed by atoms with Gasteiger partial charge >= 0.3 is 5.97 Å². The molecule has 15 heavy (non-hydrogen) atoms. The lowest BCUT2D eigenvalue weighted by Gasteiger charge is -2.41. The Morgan fingerprint density at radius 1 is 1.20 bits per heavy atom. The second-order valence-electron chi connectivity index (χ2n) is 4.97. The summed E-state index contributed by atoms with van der Waals surface area (Å²) in [4.78, 5) is 11.0. The predicted molar refractivity (Wildman–Crippen MR) is 61.8 cm³/mol. The average molecular weight is 212 g/mol. The van der Waals surface area contributed by atoms with Crippen molar-refractivity contribution in [3.63, 3.8) is 0 Å². The molecule has 1 N–H and O–H groups in total. The van der Waals surface area contributed by atoms with Crippen LogP contribution in [0.1, 0.15) is 65.2 Å². The summed E-state index contributed by atoms with van der Waals surface area (Å²) in [5.74, 6) is 0.0293. The number of carboxylic acid groups (broad SMARTS) is 1. The van der Waals surface area contributed by atoms with Gasteiger partial charge in [0, 0.05) is 0 Å². The van der Waals surface area contributed by atoms with Crippen LogP contribution in [0.5, 0.6) is 0 Å². The zero-order chi connectivity index (χ0) is 11.3. The highest BCUT2D eigenvalue weighted by atomic mass is 16.4. The first-order valence-electron chi connectivity index (χ1n) is 6.36. The first kappa shape index (κ1) is 12.5. The van der Waals surface area contributed by atoms with Crippen LogP contribution < -0.4 is 0 Å². The Morgan fingerprint density at radius 2 is 1.73 bits per heavy atom. The third-order valence-electron chi connectivity index (χ3n) is 4.38. The van der Waals surface area contributed by atoms with Gasteiger partial charge < -0.3 is 5.11 Å². The Kier molecular flexibility index (Phi) is 4.62. The molecule has 1 aliphatic carbocycles. The molecule has 0 aromatic rings. The Balaban J connectivity index is 2.72. The fourth-order valence-corrected chi connectivity index (χ4v) is 3.24. The van der Waals surface area contributed by atoms with Crippen LogP contribution in [0.2, 0.25) is 0 Å². The maximum Gasteiger partial charge on any atom is 0.303 e. The Labute approximate surface area is 93.1 Å². The minimum atomic E-state index is -0.621. The topological polar surface area (TPSA) is 37.3 Å². The van der Waals surface area contributed by atoms with Gasteiger partial charge in [0.25, 0.3) is 0 Å². The molecule has 0 atom stereocenters. The molecule has 0 aromatic carbocycles. The highest BCUT2D eigenvalue weighted by Gasteiger charge is 2.37. The maximum absolute atomic E-state index is 11.0. The van der Waals surface area contributed by atoms with E-state index in [1.807, 2.05) is 0 Å². The first-order chi connectivity index (χ1) is 7.14. The maximum atomic E-state index is 11.0. The van der Waals surface area contributed by atoms with E-state index in [1.165, 1.54) is 32.1 Å². The van der Waals surface area contributed by atoms with E-state index in [2.05, 4.69) is 13.8 Å². The van der Waals surface area contributed by atoms with Gasteiger partial charge in [-0.2, -0.15) is 0 Å². The third kappa shape index (κ3) is 2.96. The van der Waals surface area contributed by atoms with Gasteiger partial charge in [0.15, 0.2) is 0 Å². The van der Waals surface area contributed by atoms with Crippen LogP contribution in [0.25, 0.3) is 0 Å². The van der Waals surface area contributed by atoms with Gasteiger partial charge in [0.2, 0.25) is 0 Å². The summed E-state index contributed by atoms with van der Waals surface area (Å²) in [6.45, 7) is 4.31. The molecular weight excluding hydrogens is 188 g/mol. The molecule has 2 heteroatoms. The van der Waals surface area contributed by atoms with Gasteiger partial charge in [-0.1, -0.05) is 33.1 Å². The molecule has 0 radical (unpaired) electrons. The molecular formula is C13H24O2. The summed E-state index contributed by atoms with van der Waals surface area (Å²) in [6.07, 6.45) is 8.82. The fraction of sp³-hybridized carbons (Fsp3) is 0.923. The summed E-state index contributed by atoms with van der Waals surface area (Å²) in [6, 6.07) is 0. The van der Waals surface area contributed by atoms with E-state index in [0.717, 1.165) is 12.8 Å². The average Bonchev–Trinajstić information content (AvgIpc) is 2.27. The molecule has 0 bridgehead atoms. The van der Waals surface area contributed by atoms with E-state index in [9.17, 15) is 4.79 Å². The van der Waals surface area contributed by atoms with Crippen LogP contribution >= 0.6 is 0 Å². The van der Waals surface area contributed by atoms with Crippen LogP contribution in [-0.4, -0.2) is 11.1 Å². The standard InChI is InChI=1S/C13H24O2/c1-3-13(4-2,10-12(14)15)11-8-6-5-7-9-11/h11H,3-10H2,1-2H3,(H,14,15). The minimum absolute atomic E-state index is 0.0756. The van der Waals surface area contributed by atoms with Crippen LogP contribution in [-0.2, 0) is 4.79 Å². The Morgan fingerprint density at radius 3 is 2.13 bits per heavy atom. The van der Waals surface area contributed by atoms with E-state index in [1.54, 1.807) is 0 Å². The number of aliphatic carboxylic acids is 1. The van der Waals surface area contributed by atoms with E-state index < -0.39 is 5.97 Å². The second kappa shape index (κ2) is 5.53. The zero-order valence-electron chi connectivity index (χ0n) is 10.1. The smallest absolute Gasteiger partial charge is 0.303 e. The molecule has 0 saturated heterocycles. The van der Waals surface area contributed by atoms with E-state index in [-0.39, 0.29) is 5.41 Å². The fourth-order valence-electron chi connectivity index (χ4n) is 3.24. The molecule has 0 amide bonds. The number of carboxylic acids is 1. The first-order valence-corrected chi connectivity index (χ1v) is 6.36. The number of hydrogen-bond acceptors (Lipinski definition) is 1. The van der Waals surface area contributed by atoms with Crippen molar-refractivity contribution in [2.24, 2.45) is 11.3 Å². The summed E-state index contributed by atoms with van der Waals surface area (Å²) < 4.78 is 0. The van der Waals surface area contributed by atoms with Crippen molar-refractivity contribution in [1.82, 2.24) is 0 Å². The van der Waals surface area contributed by atoms with Crippen LogP contribution in [0, 0.1) is 11.3 Å². The molecule has 0 aromatic heterocycles. The van der Waals surface area contributed by atoms with Crippen molar-refractivity contribution in [2.45, 2.75) is 65.2 Å². The van der Waals surface area contributed by atoms with Crippen molar-refractivity contribution >= 4 is 5.97 Å². The van der Waals surface area contributed by atoms with Gasteiger partial charge in [-0.25, -0.2) is 0 Å². The van der Waals surface area contributed by atoms with Gasteiger partial charge in [-0.3, -0.25) is 4.79 Å². The summed E-state index contributed by atoms with van der Waals surface area (Å²) in [5.41, 5.74) is 0.0756. The Hall–Kier alpha value is -0.530. The van der Waals surface area contributed by atoms with Crippen molar-refractivity contribution in [2.75, 3.05) is 0 Å². The molecule has 1 fully saturated rings. The second-order valence-corrected chi connectivity index (χ2v) is 4.97. The van der Waals surface area contributed by atoms with E-state index >= 15 is 0 Å². The number of hydrogen-bond donors (Lipinski definition) is 1. The predicted octanol–water partition coefficient (Wildman–Crippen LogP) is 3.85. The molecule has 1 rings (SSSR count). The van der Waals surface area contributed by atoms with E-state index in [4.69, 9.17) is 5.11 Å². The molecule has 1 saturated carbocycles. The molecule has 0 unspecified atom stereocenters. The van der Waals surface area contributed by atoms with Crippen molar-refractivity contribution in [3.8, 4) is 0 Å². The third-order valence-corrected chi connectivity index (χ3v) is 4.38. The summed E-state index contributed by atoms with van der Waals surface area (Å²) >= 11 is 0. The summed E-state index contributed by atoms with van der Waals surface area (Å²) in [7, 11) is 0. The quantitative estimate of drug-likeness (QED) is 0.751. The van der Waals surface area contributed by atoms with Crippen molar-refractivity contribution < 1.29 is 9.90 Å². The zero-order valence-corrected chi connectivity index (χ0v) is 10.1. The van der Waals surface area contributed by atoms with Crippen molar-refractivity contribution in [3.05, 3.63) is 0 Å². The van der Waals surface area contributed by atoms with Gasteiger partial charge in [0.1, 0.15) is 0 Å². The highest BCUT2D eigenvalue weighted by Crippen LogP contribution is 2.45. The lowest BCUT2D eigenvalue weighted by molar-refractivity contribution is -0.141. The lowest BCUT2D eigenvalue weighted by atomic mass is 9.64. The highest BCUT2D eigenvalue weighted by molar-refractivity contribution is 5.67. The van der Waals surface area contributed by atoms with E-state index in [0.29, 0.717) is 12.3 Å². The molecule has 0 spiro atoms. The van der Waals surface area contributed by atoms with Gasteiger partial charge in [0.05, 0.1) is 6.42 Å². The molecule has 2 nitrogen and oxygen atoms in total. The molecule has 88 valence electrons. The van der Waals surface area contributed by atoms with Crippen LogP contribution in [0.15, 0.2) is 0 Å². The monoisotopic (exact) mass is 212 g/mol. The molecule has 0 aliphatic heterocycles. The lowest BCUT2D eigenvalue weighted by Crippen LogP contribution is -2.33. The largest absolute Gasteiger partial charge is 0.481 e. The van der Waals surface area contributed by atoms with Crippen LogP contribution in [0.4, 0.5) is 0 Å². The Bertz CT molecular complexity index is 201. The molecule has 1 aliphatic rings. The minimum Gasteiger partial charge on any atom is -0.481 e. The number of rotatable bonds is 5. The van der Waals surface area contributed by atoms with Gasteiger partial charge in [-0.15, -0.1) is 0 Å². The normalized spacial score (nSPS) is 19.1. The van der Waals surface area contributed by atoms with Crippen molar-refractivity contribution in [1.29, 1.82) is 0 Å².